The molecule has 0 aliphatic carbocycles. The second-order valence-electron chi connectivity index (χ2n) is 8.46. The Morgan fingerprint density at radius 1 is 1.11 bits per heavy atom. The number of ether oxygens (including phenoxy) is 2. The van der Waals surface area contributed by atoms with Gasteiger partial charge in [-0.25, -0.2) is 0 Å². The Bertz CT molecular complexity index is 519. The van der Waals surface area contributed by atoms with E-state index in [1.165, 1.54) is 0 Å². The predicted molar refractivity (Wildman–Crippen MR) is 103 cm³/mol. The molecule has 0 amide bonds. The lowest BCUT2D eigenvalue weighted by Gasteiger charge is -2.50. The maximum Gasteiger partial charge on any atom is 0.311 e. The van der Waals surface area contributed by atoms with Gasteiger partial charge in [0.15, 0.2) is 5.79 Å². The third kappa shape index (κ3) is 5.09. The summed E-state index contributed by atoms with van der Waals surface area (Å²) in [4.78, 5) is 24.6. The van der Waals surface area contributed by atoms with E-state index >= 15 is 0 Å². The molecule has 3 unspecified atom stereocenters. The lowest BCUT2D eigenvalue weighted by molar-refractivity contribution is -0.326. The van der Waals surface area contributed by atoms with Crippen molar-refractivity contribution in [3.63, 3.8) is 0 Å². The predicted octanol–water partition coefficient (Wildman–Crippen LogP) is 2.94. The highest BCUT2D eigenvalue weighted by Crippen LogP contribution is 2.42. The van der Waals surface area contributed by atoms with Crippen molar-refractivity contribution < 1.29 is 29.3 Å². The number of esters is 1. The molecule has 27 heavy (non-hydrogen) atoms. The molecule has 0 aromatic heterocycles. The van der Waals surface area contributed by atoms with Gasteiger partial charge >= 0.3 is 5.97 Å². The van der Waals surface area contributed by atoms with E-state index in [1.54, 1.807) is 20.8 Å². The first-order chi connectivity index (χ1) is 12.4. The molecular weight excluding hydrogens is 348 g/mol. The molecule has 0 spiro atoms. The number of rotatable bonds is 8. The molecule has 8 atom stereocenters. The standard InChI is InChI=1S/C21H38O6/c1-9-16(22)12(5)17(23)13(6)20(24)26-19-14(7)18(11(3)4)27-21(25,10-2)15(19)8/h11-15,17-19,23,25H,9-10H2,1-8H3/t12?,13?,14-,15-,17+,18?,19-,21+/m1/s1. The number of hydrogen-bond donors (Lipinski definition) is 2. The smallest absolute Gasteiger partial charge is 0.311 e. The Kier molecular flexibility index (Phi) is 8.45. The lowest BCUT2D eigenvalue weighted by Crippen LogP contribution is -2.59. The van der Waals surface area contributed by atoms with Crippen molar-refractivity contribution in [3.05, 3.63) is 0 Å². The van der Waals surface area contributed by atoms with Crippen molar-refractivity contribution in [2.45, 2.75) is 92.3 Å². The number of aliphatic hydroxyl groups excluding tert-OH is 1. The average molecular weight is 387 g/mol. The fraction of sp³-hybridized carbons (Fsp3) is 0.905. The summed E-state index contributed by atoms with van der Waals surface area (Å²) in [5.74, 6) is -3.81. The van der Waals surface area contributed by atoms with Crippen LogP contribution in [0.4, 0.5) is 0 Å². The van der Waals surface area contributed by atoms with Crippen LogP contribution >= 0.6 is 0 Å². The van der Waals surface area contributed by atoms with Crippen LogP contribution < -0.4 is 0 Å². The summed E-state index contributed by atoms with van der Waals surface area (Å²) < 4.78 is 11.8. The highest BCUT2D eigenvalue weighted by Gasteiger charge is 2.52. The van der Waals surface area contributed by atoms with Crippen LogP contribution in [0.25, 0.3) is 0 Å². The second-order valence-corrected chi connectivity index (χ2v) is 8.46. The van der Waals surface area contributed by atoms with Crippen LogP contribution in [0, 0.1) is 29.6 Å². The summed E-state index contributed by atoms with van der Waals surface area (Å²) in [6.45, 7) is 14.6. The Morgan fingerprint density at radius 3 is 2.11 bits per heavy atom. The van der Waals surface area contributed by atoms with Crippen LogP contribution in [0.3, 0.4) is 0 Å². The van der Waals surface area contributed by atoms with E-state index in [0.717, 1.165) is 0 Å². The van der Waals surface area contributed by atoms with Gasteiger partial charge < -0.3 is 19.7 Å². The van der Waals surface area contributed by atoms with E-state index in [4.69, 9.17) is 9.47 Å². The number of aliphatic hydroxyl groups is 2. The van der Waals surface area contributed by atoms with E-state index in [-0.39, 0.29) is 23.7 Å². The van der Waals surface area contributed by atoms with Crippen LogP contribution in [0.1, 0.15) is 68.2 Å². The summed E-state index contributed by atoms with van der Waals surface area (Å²) in [7, 11) is 0. The molecule has 0 aromatic carbocycles. The first kappa shape index (κ1) is 24.1. The third-order valence-corrected chi connectivity index (χ3v) is 6.25. The number of Topliss-reactive ketones (excluding diaryl/α,β-unsaturated/α-hetero) is 1. The number of carbonyl (C=O) groups is 2. The Morgan fingerprint density at radius 2 is 1.67 bits per heavy atom. The van der Waals surface area contributed by atoms with Crippen molar-refractivity contribution in [3.8, 4) is 0 Å². The van der Waals surface area contributed by atoms with E-state index in [1.807, 2.05) is 34.6 Å². The summed E-state index contributed by atoms with van der Waals surface area (Å²) in [5, 5.41) is 21.3. The SMILES string of the molecule is CCC(=O)C(C)[C@H](O)C(C)C(=O)O[C@@H]1[C@H](C)C(C(C)C)O[C@@](O)(CC)[C@@H]1C. The summed E-state index contributed by atoms with van der Waals surface area (Å²) >= 11 is 0. The molecule has 0 radical (unpaired) electrons. The van der Waals surface area contributed by atoms with Gasteiger partial charge in [-0.3, -0.25) is 9.59 Å². The summed E-state index contributed by atoms with van der Waals surface area (Å²) in [5.41, 5.74) is 0. The Labute approximate surface area is 163 Å². The normalized spacial score (nSPS) is 34.8. The molecule has 6 heteroatoms. The van der Waals surface area contributed by atoms with Gasteiger partial charge in [0.1, 0.15) is 11.9 Å². The molecule has 1 aliphatic heterocycles. The van der Waals surface area contributed by atoms with Crippen LogP contribution in [0.15, 0.2) is 0 Å². The van der Waals surface area contributed by atoms with Crippen LogP contribution in [-0.2, 0) is 19.1 Å². The van der Waals surface area contributed by atoms with Crippen molar-refractivity contribution in [1.82, 2.24) is 0 Å². The van der Waals surface area contributed by atoms with Gasteiger partial charge in [0, 0.05) is 24.2 Å². The quantitative estimate of drug-likeness (QED) is 0.623. The first-order valence-electron chi connectivity index (χ1n) is 10.2. The number of carbonyl (C=O) groups excluding carboxylic acids is 2. The second kappa shape index (κ2) is 9.48. The van der Waals surface area contributed by atoms with Crippen molar-refractivity contribution in [2.75, 3.05) is 0 Å². The molecule has 158 valence electrons. The van der Waals surface area contributed by atoms with Crippen molar-refractivity contribution in [1.29, 1.82) is 0 Å². The largest absolute Gasteiger partial charge is 0.461 e. The topological polar surface area (TPSA) is 93.1 Å². The fourth-order valence-corrected chi connectivity index (χ4v) is 4.03. The van der Waals surface area contributed by atoms with E-state index in [0.29, 0.717) is 12.8 Å². The molecule has 1 aliphatic rings. The molecule has 1 heterocycles. The van der Waals surface area contributed by atoms with Crippen LogP contribution in [0.2, 0.25) is 0 Å². The maximum absolute atomic E-state index is 12.7. The maximum atomic E-state index is 12.7. The minimum atomic E-state index is -1.36. The zero-order chi connectivity index (χ0) is 21.1. The van der Waals surface area contributed by atoms with Gasteiger partial charge in [0.05, 0.1) is 18.1 Å². The lowest BCUT2D eigenvalue weighted by atomic mass is 9.76. The zero-order valence-electron chi connectivity index (χ0n) is 18.1. The third-order valence-electron chi connectivity index (χ3n) is 6.25. The zero-order valence-corrected chi connectivity index (χ0v) is 18.1. The molecule has 0 bridgehead atoms. The number of ketones is 1. The minimum Gasteiger partial charge on any atom is -0.461 e. The van der Waals surface area contributed by atoms with Gasteiger partial charge in [-0.05, 0) is 19.3 Å². The van der Waals surface area contributed by atoms with E-state index < -0.39 is 41.7 Å². The molecule has 1 saturated heterocycles. The molecule has 0 aromatic rings. The Balaban J connectivity index is 2.98. The molecule has 1 rings (SSSR count). The average Bonchev–Trinajstić information content (AvgIpc) is 2.64. The van der Waals surface area contributed by atoms with Crippen LogP contribution in [0.5, 0.6) is 0 Å². The van der Waals surface area contributed by atoms with Gasteiger partial charge in [0.25, 0.3) is 0 Å². The van der Waals surface area contributed by atoms with Gasteiger partial charge in [-0.1, -0.05) is 48.5 Å². The first-order valence-corrected chi connectivity index (χ1v) is 10.2. The molecule has 1 fully saturated rings. The summed E-state index contributed by atoms with van der Waals surface area (Å²) in [6.07, 6.45) is -1.17. The van der Waals surface area contributed by atoms with Gasteiger partial charge in [0.2, 0.25) is 0 Å². The summed E-state index contributed by atoms with van der Waals surface area (Å²) in [6, 6.07) is 0. The van der Waals surface area contributed by atoms with Crippen molar-refractivity contribution >= 4 is 11.8 Å². The van der Waals surface area contributed by atoms with E-state index in [2.05, 4.69) is 0 Å². The molecule has 0 saturated carbocycles. The molecular formula is C21H38O6. The van der Waals surface area contributed by atoms with Crippen LogP contribution in [-0.4, -0.2) is 46.1 Å². The van der Waals surface area contributed by atoms with E-state index in [9.17, 15) is 19.8 Å². The van der Waals surface area contributed by atoms with Crippen molar-refractivity contribution in [2.24, 2.45) is 29.6 Å². The fourth-order valence-electron chi connectivity index (χ4n) is 4.03. The van der Waals surface area contributed by atoms with Gasteiger partial charge in [-0.15, -0.1) is 0 Å². The highest BCUT2D eigenvalue weighted by molar-refractivity contribution is 5.82. The van der Waals surface area contributed by atoms with Gasteiger partial charge in [-0.2, -0.15) is 0 Å². The molecule has 6 nitrogen and oxygen atoms in total. The minimum absolute atomic E-state index is 0.0878. The monoisotopic (exact) mass is 386 g/mol. The highest BCUT2D eigenvalue weighted by atomic mass is 16.6. The molecule has 2 N–H and O–H groups in total. The number of hydrogen-bond acceptors (Lipinski definition) is 6. The Hall–Kier alpha value is -0.980.